The van der Waals surface area contributed by atoms with Crippen molar-refractivity contribution in [2.75, 3.05) is 6.35 Å². The molecular formula is C11H17OP. The van der Waals surface area contributed by atoms with Crippen LogP contribution >= 0.6 is 9.24 Å². The van der Waals surface area contributed by atoms with Gasteiger partial charge in [-0.1, -0.05) is 35.2 Å². The summed E-state index contributed by atoms with van der Waals surface area (Å²) in [4.78, 5) is 0. The molecule has 1 aromatic carbocycles. The van der Waals surface area contributed by atoms with Gasteiger partial charge in [0, 0.05) is 0 Å². The van der Waals surface area contributed by atoms with Gasteiger partial charge in [0.2, 0.25) is 0 Å². The SMILES string of the molecule is CC(C)Cc1ccc(OCP)cc1. The summed E-state index contributed by atoms with van der Waals surface area (Å²) in [6.07, 6.45) is 1.80. The largest absolute Gasteiger partial charge is 0.490 e. The summed E-state index contributed by atoms with van der Waals surface area (Å²) in [5.41, 5.74) is 1.38. The second-order valence-electron chi connectivity index (χ2n) is 3.55. The van der Waals surface area contributed by atoms with Crippen LogP contribution in [0.25, 0.3) is 0 Å². The van der Waals surface area contributed by atoms with Crippen molar-refractivity contribution in [2.45, 2.75) is 20.3 Å². The van der Waals surface area contributed by atoms with E-state index in [-0.39, 0.29) is 0 Å². The van der Waals surface area contributed by atoms with Crippen LogP contribution in [0.1, 0.15) is 19.4 Å². The molecule has 0 N–H and O–H groups in total. The van der Waals surface area contributed by atoms with Crippen molar-refractivity contribution in [2.24, 2.45) is 5.92 Å². The molecule has 1 aromatic rings. The summed E-state index contributed by atoms with van der Waals surface area (Å²) in [7, 11) is 2.54. The molecule has 0 radical (unpaired) electrons. The van der Waals surface area contributed by atoms with Gasteiger partial charge in [0.15, 0.2) is 0 Å². The van der Waals surface area contributed by atoms with Crippen LogP contribution in [-0.4, -0.2) is 6.35 Å². The Morgan fingerprint density at radius 1 is 1.23 bits per heavy atom. The zero-order valence-electron chi connectivity index (χ0n) is 8.29. The maximum Gasteiger partial charge on any atom is 0.119 e. The van der Waals surface area contributed by atoms with Gasteiger partial charge in [-0.25, -0.2) is 0 Å². The first-order valence-corrected chi connectivity index (χ1v) is 5.46. The molecule has 1 nitrogen and oxygen atoms in total. The highest BCUT2D eigenvalue weighted by Crippen LogP contribution is 2.15. The number of rotatable bonds is 4. The van der Waals surface area contributed by atoms with Crippen molar-refractivity contribution in [1.82, 2.24) is 0 Å². The molecule has 0 fully saturated rings. The van der Waals surface area contributed by atoms with Crippen molar-refractivity contribution in [3.8, 4) is 5.75 Å². The number of hydrogen-bond acceptors (Lipinski definition) is 1. The van der Waals surface area contributed by atoms with Gasteiger partial charge in [0.1, 0.15) is 12.1 Å². The third kappa shape index (κ3) is 3.78. The van der Waals surface area contributed by atoms with Crippen LogP contribution in [-0.2, 0) is 6.42 Å². The maximum atomic E-state index is 5.33. The Kier molecular flexibility index (Phi) is 4.24. The lowest BCUT2D eigenvalue weighted by Gasteiger charge is -2.06. The van der Waals surface area contributed by atoms with E-state index in [4.69, 9.17) is 4.74 Å². The molecular weight excluding hydrogens is 179 g/mol. The number of hydrogen-bond donors (Lipinski definition) is 0. The zero-order valence-corrected chi connectivity index (χ0v) is 9.44. The van der Waals surface area contributed by atoms with E-state index in [9.17, 15) is 0 Å². The molecule has 0 aliphatic carbocycles. The van der Waals surface area contributed by atoms with Gasteiger partial charge >= 0.3 is 0 Å². The Morgan fingerprint density at radius 2 is 1.85 bits per heavy atom. The lowest BCUT2D eigenvalue weighted by Crippen LogP contribution is -1.94. The summed E-state index contributed by atoms with van der Waals surface area (Å²) >= 11 is 0. The van der Waals surface area contributed by atoms with Crippen LogP contribution in [0.3, 0.4) is 0 Å². The fourth-order valence-corrected chi connectivity index (χ4v) is 1.48. The standard InChI is InChI=1S/C11H17OP/c1-9(2)7-10-3-5-11(6-4-10)12-8-13/h3-6,9H,7-8,13H2,1-2H3. The third-order valence-corrected chi connectivity index (χ3v) is 1.98. The van der Waals surface area contributed by atoms with Crippen molar-refractivity contribution in [3.05, 3.63) is 29.8 Å². The minimum absolute atomic E-state index is 0.656. The Balaban J connectivity index is 2.59. The predicted octanol–water partition coefficient (Wildman–Crippen LogP) is 3.10. The highest BCUT2D eigenvalue weighted by molar-refractivity contribution is 7.16. The first kappa shape index (κ1) is 10.5. The lowest BCUT2D eigenvalue weighted by molar-refractivity contribution is 0.392. The van der Waals surface area contributed by atoms with Crippen LogP contribution in [0.5, 0.6) is 5.75 Å². The molecule has 13 heavy (non-hydrogen) atoms. The van der Waals surface area contributed by atoms with Gasteiger partial charge in [-0.3, -0.25) is 0 Å². The molecule has 0 spiro atoms. The molecule has 0 aliphatic rings. The smallest absolute Gasteiger partial charge is 0.119 e. The highest BCUT2D eigenvalue weighted by Gasteiger charge is 1.97. The minimum atomic E-state index is 0.656. The minimum Gasteiger partial charge on any atom is -0.490 e. The molecule has 0 amide bonds. The number of ether oxygens (including phenoxy) is 1. The van der Waals surface area contributed by atoms with Gasteiger partial charge in [0.25, 0.3) is 0 Å². The summed E-state index contributed by atoms with van der Waals surface area (Å²) in [5.74, 6) is 1.66. The van der Waals surface area contributed by atoms with E-state index in [1.54, 1.807) is 0 Å². The summed E-state index contributed by atoms with van der Waals surface area (Å²) in [6, 6.07) is 8.33. The van der Waals surface area contributed by atoms with Crippen LogP contribution < -0.4 is 4.74 Å². The van der Waals surface area contributed by atoms with Crippen molar-refractivity contribution >= 4 is 9.24 Å². The predicted molar refractivity (Wildman–Crippen MR) is 60.2 cm³/mol. The molecule has 0 saturated heterocycles. The molecule has 0 saturated carbocycles. The summed E-state index contributed by atoms with van der Waals surface area (Å²) in [6.45, 7) is 4.46. The average molecular weight is 196 g/mol. The first-order valence-electron chi connectivity index (χ1n) is 4.64. The van der Waals surface area contributed by atoms with E-state index in [1.807, 2.05) is 12.1 Å². The van der Waals surface area contributed by atoms with E-state index in [0.29, 0.717) is 12.3 Å². The second-order valence-corrected chi connectivity index (χ2v) is 3.89. The molecule has 0 heterocycles. The Bertz CT molecular complexity index is 241. The first-order chi connectivity index (χ1) is 6.22. The van der Waals surface area contributed by atoms with Gasteiger partial charge in [-0.05, 0) is 30.0 Å². The van der Waals surface area contributed by atoms with Crippen LogP contribution in [0.15, 0.2) is 24.3 Å². The van der Waals surface area contributed by atoms with Gasteiger partial charge in [-0.2, -0.15) is 0 Å². The topological polar surface area (TPSA) is 9.23 Å². The molecule has 1 unspecified atom stereocenters. The molecule has 2 heteroatoms. The van der Waals surface area contributed by atoms with Crippen molar-refractivity contribution in [1.29, 1.82) is 0 Å². The quantitative estimate of drug-likeness (QED) is 0.672. The second kappa shape index (κ2) is 5.24. The van der Waals surface area contributed by atoms with E-state index in [2.05, 4.69) is 35.2 Å². The van der Waals surface area contributed by atoms with Crippen LogP contribution in [0.4, 0.5) is 0 Å². The van der Waals surface area contributed by atoms with Gasteiger partial charge in [-0.15, -0.1) is 0 Å². The Morgan fingerprint density at radius 3 is 2.31 bits per heavy atom. The van der Waals surface area contributed by atoms with Crippen molar-refractivity contribution < 1.29 is 4.74 Å². The maximum absolute atomic E-state index is 5.33. The zero-order chi connectivity index (χ0) is 9.68. The molecule has 0 aliphatic heterocycles. The van der Waals surface area contributed by atoms with E-state index in [1.165, 1.54) is 5.56 Å². The third-order valence-electron chi connectivity index (χ3n) is 1.82. The fourth-order valence-electron chi connectivity index (χ4n) is 1.29. The van der Waals surface area contributed by atoms with Crippen LogP contribution in [0, 0.1) is 5.92 Å². The fraction of sp³-hybridized carbons (Fsp3) is 0.455. The Labute approximate surface area is 82.7 Å². The number of benzene rings is 1. The molecule has 0 aromatic heterocycles. The monoisotopic (exact) mass is 196 g/mol. The van der Waals surface area contributed by atoms with E-state index >= 15 is 0 Å². The molecule has 72 valence electrons. The van der Waals surface area contributed by atoms with E-state index in [0.717, 1.165) is 12.2 Å². The molecule has 0 bridgehead atoms. The van der Waals surface area contributed by atoms with Gasteiger partial charge in [0.05, 0.1) is 0 Å². The lowest BCUT2D eigenvalue weighted by atomic mass is 10.0. The van der Waals surface area contributed by atoms with Crippen LogP contribution in [0.2, 0.25) is 0 Å². The molecule has 1 rings (SSSR count). The average Bonchev–Trinajstić information content (AvgIpc) is 2.08. The van der Waals surface area contributed by atoms with E-state index < -0.39 is 0 Å². The van der Waals surface area contributed by atoms with Crippen molar-refractivity contribution in [3.63, 3.8) is 0 Å². The molecule has 1 atom stereocenters. The Hall–Kier alpha value is -0.550. The highest BCUT2D eigenvalue weighted by atomic mass is 31.0. The normalized spacial score (nSPS) is 10.5. The van der Waals surface area contributed by atoms with Gasteiger partial charge < -0.3 is 4.74 Å². The summed E-state index contributed by atoms with van der Waals surface area (Å²) < 4.78 is 5.33. The summed E-state index contributed by atoms with van der Waals surface area (Å²) in [5, 5.41) is 0.